The Morgan fingerprint density at radius 2 is 2.09 bits per heavy atom. The highest BCUT2D eigenvalue weighted by Gasteiger charge is 2.12. The number of ether oxygens (including phenoxy) is 1. The fraction of sp³-hybridized carbons (Fsp3) is 0.250. The summed E-state index contributed by atoms with van der Waals surface area (Å²) in [5, 5.41) is 3.08. The first-order valence-electron chi connectivity index (χ1n) is 6.74. The van der Waals surface area contributed by atoms with Gasteiger partial charge in [0.25, 0.3) is 0 Å². The lowest BCUT2D eigenvalue weighted by Gasteiger charge is -2.15. The van der Waals surface area contributed by atoms with E-state index in [-0.39, 0.29) is 11.7 Å². The minimum absolute atomic E-state index is 0.211. The molecule has 22 heavy (non-hydrogen) atoms. The standard InChI is InChI=1S/C16H16F2N2O2/c1-10(13-7-6-11(17)8-14(13)18)19-9-12-4-3-5-15(20-12)16(21)22-2/h3-8,10,19H,9H2,1-2H3/t10-/m1/s1. The molecule has 0 saturated carbocycles. The van der Waals surface area contributed by atoms with Crippen molar-refractivity contribution in [3.05, 3.63) is 65.0 Å². The first-order chi connectivity index (χ1) is 10.5. The van der Waals surface area contributed by atoms with Gasteiger partial charge in [-0.15, -0.1) is 0 Å². The summed E-state index contributed by atoms with van der Waals surface area (Å²) >= 11 is 0. The molecule has 0 aliphatic rings. The van der Waals surface area contributed by atoms with E-state index >= 15 is 0 Å². The van der Waals surface area contributed by atoms with Crippen LogP contribution >= 0.6 is 0 Å². The van der Waals surface area contributed by atoms with E-state index in [4.69, 9.17) is 0 Å². The summed E-state index contributed by atoms with van der Waals surface area (Å²) in [7, 11) is 1.29. The molecular weight excluding hydrogens is 290 g/mol. The summed E-state index contributed by atoms with van der Waals surface area (Å²) in [6, 6.07) is 8.13. The predicted octanol–water partition coefficient (Wildman–Crippen LogP) is 3.00. The van der Waals surface area contributed by atoms with Gasteiger partial charge in [0.1, 0.15) is 17.3 Å². The Morgan fingerprint density at radius 1 is 1.32 bits per heavy atom. The van der Waals surface area contributed by atoms with E-state index in [1.807, 2.05) is 0 Å². The number of hydrogen-bond acceptors (Lipinski definition) is 4. The molecule has 0 saturated heterocycles. The second-order valence-corrected chi connectivity index (χ2v) is 4.77. The van der Waals surface area contributed by atoms with E-state index in [0.717, 1.165) is 6.07 Å². The van der Waals surface area contributed by atoms with Crippen LogP contribution in [0.5, 0.6) is 0 Å². The number of aromatic nitrogens is 1. The van der Waals surface area contributed by atoms with Crippen LogP contribution in [0.1, 0.15) is 34.7 Å². The molecule has 1 aromatic carbocycles. The summed E-state index contributed by atoms with van der Waals surface area (Å²) < 4.78 is 31.2. The van der Waals surface area contributed by atoms with E-state index in [2.05, 4.69) is 15.0 Å². The van der Waals surface area contributed by atoms with Gasteiger partial charge in [-0.1, -0.05) is 12.1 Å². The maximum atomic E-state index is 13.7. The fourth-order valence-corrected chi connectivity index (χ4v) is 2.02. The van der Waals surface area contributed by atoms with Gasteiger partial charge in [0.2, 0.25) is 0 Å². The van der Waals surface area contributed by atoms with Crippen LogP contribution in [0.15, 0.2) is 36.4 Å². The van der Waals surface area contributed by atoms with Crippen LogP contribution in [0, 0.1) is 11.6 Å². The monoisotopic (exact) mass is 306 g/mol. The first kappa shape index (κ1) is 16.0. The Bertz CT molecular complexity index is 677. The van der Waals surface area contributed by atoms with Crippen molar-refractivity contribution < 1.29 is 18.3 Å². The zero-order chi connectivity index (χ0) is 16.1. The lowest BCUT2D eigenvalue weighted by molar-refractivity contribution is 0.0593. The van der Waals surface area contributed by atoms with E-state index in [0.29, 0.717) is 17.8 Å². The molecular formula is C16H16F2N2O2. The third-order valence-electron chi connectivity index (χ3n) is 3.22. The minimum Gasteiger partial charge on any atom is -0.464 e. The maximum absolute atomic E-state index is 13.7. The maximum Gasteiger partial charge on any atom is 0.356 e. The number of carbonyl (C=O) groups excluding carboxylic acids is 1. The van der Waals surface area contributed by atoms with Crippen LogP contribution in [0.25, 0.3) is 0 Å². The summed E-state index contributed by atoms with van der Waals surface area (Å²) in [6.07, 6.45) is 0. The number of rotatable bonds is 5. The minimum atomic E-state index is -0.610. The summed E-state index contributed by atoms with van der Waals surface area (Å²) in [5.41, 5.74) is 1.20. The zero-order valence-electron chi connectivity index (χ0n) is 12.3. The van der Waals surface area contributed by atoms with Crippen LogP contribution in [-0.2, 0) is 11.3 Å². The second-order valence-electron chi connectivity index (χ2n) is 4.77. The van der Waals surface area contributed by atoms with Crippen LogP contribution < -0.4 is 5.32 Å². The molecule has 0 aliphatic carbocycles. The van der Waals surface area contributed by atoms with Crippen molar-refractivity contribution in [3.63, 3.8) is 0 Å². The topological polar surface area (TPSA) is 51.2 Å². The van der Waals surface area contributed by atoms with Crippen molar-refractivity contribution in [3.8, 4) is 0 Å². The number of nitrogens with one attached hydrogen (secondary N) is 1. The quantitative estimate of drug-likeness (QED) is 0.863. The Hall–Kier alpha value is -2.34. The van der Waals surface area contributed by atoms with E-state index < -0.39 is 17.6 Å². The highest BCUT2D eigenvalue weighted by atomic mass is 19.1. The van der Waals surface area contributed by atoms with Gasteiger partial charge in [-0.3, -0.25) is 0 Å². The molecule has 0 amide bonds. The number of methoxy groups -OCH3 is 1. The Balaban J connectivity index is 2.04. The number of benzene rings is 1. The molecule has 2 rings (SSSR count). The van der Waals surface area contributed by atoms with Gasteiger partial charge >= 0.3 is 5.97 Å². The summed E-state index contributed by atoms with van der Waals surface area (Å²) in [6.45, 7) is 2.10. The molecule has 0 bridgehead atoms. The van der Waals surface area contributed by atoms with E-state index in [9.17, 15) is 13.6 Å². The number of pyridine rings is 1. The molecule has 1 N–H and O–H groups in total. The summed E-state index contributed by atoms with van der Waals surface area (Å²) in [5.74, 6) is -1.73. The van der Waals surface area contributed by atoms with Crippen LogP contribution in [0.3, 0.4) is 0 Å². The third-order valence-corrected chi connectivity index (χ3v) is 3.22. The number of halogens is 2. The van der Waals surface area contributed by atoms with E-state index in [1.165, 1.54) is 19.2 Å². The number of nitrogens with zero attached hydrogens (tertiary/aromatic N) is 1. The lowest BCUT2D eigenvalue weighted by atomic mass is 10.1. The zero-order valence-corrected chi connectivity index (χ0v) is 12.3. The Kier molecular flexibility index (Phi) is 5.16. The smallest absolute Gasteiger partial charge is 0.356 e. The largest absolute Gasteiger partial charge is 0.464 e. The normalized spacial score (nSPS) is 12.0. The molecule has 2 aromatic rings. The third kappa shape index (κ3) is 3.85. The van der Waals surface area contributed by atoms with Crippen LogP contribution in [0.4, 0.5) is 8.78 Å². The molecule has 0 unspecified atom stereocenters. The lowest BCUT2D eigenvalue weighted by Crippen LogP contribution is -2.20. The average Bonchev–Trinajstić information content (AvgIpc) is 2.52. The van der Waals surface area contributed by atoms with Gasteiger partial charge in [-0.2, -0.15) is 0 Å². The van der Waals surface area contributed by atoms with Crippen molar-refractivity contribution in [2.75, 3.05) is 7.11 Å². The fourth-order valence-electron chi connectivity index (χ4n) is 2.02. The van der Waals surface area contributed by atoms with Gasteiger partial charge in [0, 0.05) is 24.2 Å². The molecule has 1 aromatic heterocycles. The first-order valence-corrected chi connectivity index (χ1v) is 6.74. The van der Waals surface area contributed by atoms with Gasteiger partial charge in [-0.05, 0) is 25.1 Å². The van der Waals surface area contributed by atoms with Crippen LogP contribution in [-0.4, -0.2) is 18.1 Å². The van der Waals surface area contributed by atoms with Gasteiger partial charge in [-0.25, -0.2) is 18.6 Å². The molecule has 6 heteroatoms. The average molecular weight is 306 g/mol. The molecule has 4 nitrogen and oxygen atoms in total. The SMILES string of the molecule is COC(=O)c1cccc(CN[C@H](C)c2ccc(F)cc2F)n1. The molecule has 116 valence electrons. The van der Waals surface area contributed by atoms with Gasteiger partial charge < -0.3 is 10.1 Å². The van der Waals surface area contributed by atoms with Crippen molar-refractivity contribution >= 4 is 5.97 Å². The Morgan fingerprint density at radius 3 is 2.77 bits per heavy atom. The number of esters is 1. The molecule has 0 fully saturated rings. The number of hydrogen-bond donors (Lipinski definition) is 1. The molecule has 0 aliphatic heterocycles. The molecule has 0 spiro atoms. The van der Waals surface area contributed by atoms with Crippen molar-refractivity contribution in [1.29, 1.82) is 0 Å². The van der Waals surface area contributed by atoms with Crippen molar-refractivity contribution in [1.82, 2.24) is 10.3 Å². The molecule has 1 heterocycles. The molecule has 0 radical (unpaired) electrons. The van der Waals surface area contributed by atoms with Gasteiger partial charge in [0.05, 0.1) is 12.8 Å². The Labute approximate surface area is 127 Å². The summed E-state index contributed by atoms with van der Waals surface area (Å²) in [4.78, 5) is 15.6. The second kappa shape index (κ2) is 7.09. The van der Waals surface area contributed by atoms with Gasteiger partial charge in [0.15, 0.2) is 0 Å². The molecule has 1 atom stereocenters. The highest BCUT2D eigenvalue weighted by molar-refractivity contribution is 5.87. The van der Waals surface area contributed by atoms with Crippen LogP contribution in [0.2, 0.25) is 0 Å². The van der Waals surface area contributed by atoms with Crippen molar-refractivity contribution in [2.45, 2.75) is 19.5 Å². The number of carbonyl (C=O) groups is 1. The highest BCUT2D eigenvalue weighted by Crippen LogP contribution is 2.18. The predicted molar refractivity (Wildman–Crippen MR) is 77.2 cm³/mol. The van der Waals surface area contributed by atoms with Crippen molar-refractivity contribution in [2.24, 2.45) is 0 Å². The van der Waals surface area contributed by atoms with E-state index in [1.54, 1.807) is 25.1 Å².